The van der Waals surface area contributed by atoms with Gasteiger partial charge in [-0.2, -0.15) is 0 Å². The molecule has 0 radical (unpaired) electrons. The van der Waals surface area contributed by atoms with E-state index < -0.39 is 10.0 Å². The van der Waals surface area contributed by atoms with Gasteiger partial charge in [-0.3, -0.25) is 4.79 Å². The van der Waals surface area contributed by atoms with E-state index in [1.807, 2.05) is 6.92 Å². The first-order chi connectivity index (χ1) is 9.79. The second-order valence-corrected chi connectivity index (χ2v) is 8.06. The molecular formula is C15H20ClNO3S. The molecule has 1 aliphatic heterocycles. The number of hydrogen-bond acceptors (Lipinski definition) is 3. The summed E-state index contributed by atoms with van der Waals surface area (Å²) in [6.07, 6.45) is 3.28. The van der Waals surface area contributed by atoms with Gasteiger partial charge in [-0.1, -0.05) is 23.7 Å². The van der Waals surface area contributed by atoms with Crippen molar-refractivity contribution < 1.29 is 13.2 Å². The molecule has 1 aromatic rings. The molecular weight excluding hydrogens is 310 g/mol. The Morgan fingerprint density at radius 2 is 2.14 bits per heavy atom. The molecule has 0 bridgehead atoms. The zero-order chi connectivity index (χ0) is 15.6. The van der Waals surface area contributed by atoms with Crippen LogP contribution < -0.4 is 0 Å². The van der Waals surface area contributed by atoms with Gasteiger partial charge in [0.2, 0.25) is 10.0 Å². The number of sulfonamides is 1. The predicted molar refractivity (Wildman–Crippen MR) is 84.3 cm³/mol. The summed E-state index contributed by atoms with van der Waals surface area (Å²) >= 11 is 6.04. The maximum atomic E-state index is 12.4. The number of carbonyl (C=O) groups is 1. The van der Waals surface area contributed by atoms with Crippen LogP contribution in [-0.2, 0) is 10.0 Å². The van der Waals surface area contributed by atoms with Gasteiger partial charge in [-0.25, -0.2) is 12.7 Å². The number of hydrogen-bond donors (Lipinski definition) is 0. The fourth-order valence-corrected chi connectivity index (χ4v) is 3.89. The summed E-state index contributed by atoms with van der Waals surface area (Å²) in [5, 5.41) is 0.585. The molecule has 0 amide bonds. The average molecular weight is 330 g/mol. The highest BCUT2D eigenvalue weighted by atomic mass is 35.5. The first-order valence-electron chi connectivity index (χ1n) is 7.02. The minimum Gasteiger partial charge on any atom is -0.294 e. The second-order valence-electron chi connectivity index (χ2n) is 5.67. The summed E-state index contributed by atoms with van der Waals surface area (Å²) in [4.78, 5) is 12.4. The van der Waals surface area contributed by atoms with Gasteiger partial charge in [0.1, 0.15) is 0 Å². The molecule has 1 atom stereocenters. The third-order valence-corrected chi connectivity index (χ3v) is 5.67. The molecule has 1 aromatic carbocycles. The zero-order valence-electron chi connectivity index (χ0n) is 12.3. The Morgan fingerprint density at radius 3 is 2.81 bits per heavy atom. The standard InChI is InChI=1S/C15H20ClNO3S/c1-11-13(6-3-7-14(11)16)15(18)9-12-5-4-8-17(10-12)21(2,19)20/h3,6-7,12H,4-5,8-10H2,1-2H3. The van der Waals surface area contributed by atoms with Crippen molar-refractivity contribution in [2.24, 2.45) is 5.92 Å². The molecule has 1 fully saturated rings. The summed E-state index contributed by atoms with van der Waals surface area (Å²) in [5.74, 6) is 0.120. The molecule has 4 nitrogen and oxygen atoms in total. The number of piperidine rings is 1. The van der Waals surface area contributed by atoms with Crippen LogP contribution >= 0.6 is 11.6 Å². The van der Waals surface area contributed by atoms with Crippen LogP contribution in [0.3, 0.4) is 0 Å². The van der Waals surface area contributed by atoms with Gasteiger partial charge < -0.3 is 0 Å². The maximum Gasteiger partial charge on any atom is 0.211 e. The van der Waals surface area contributed by atoms with Crippen LogP contribution in [0, 0.1) is 12.8 Å². The number of carbonyl (C=O) groups excluding carboxylic acids is 1. The Bertz CT molecular complexity index is 642. The van der Waals surface area contributed by atoms with E-state index in [1.165, 1.54) is 10.6 Å². The molecule has 1 heterocycles. The SMILES string of the molecule is Cc1c(Cl)cccc1C(=O)CC1CCCN(S(C)(=O)=O)C1. The highest BCUT2D eigenvalue weighted by Crippen LogP contribution is 2.25. The lowest BCUT2D eigenvalue weighted by molar-refractivity contribution is 0.0942. The molecule has 116 valence electrons. The fraction of sp³-hybridized carbons (Fsp3) is 0.533. The molecule has 0 N–H and O–H groups in total. The topological polar surface area (TPSA) is 54.5 Å². The average Bonchev–Trinajstić information content (AvgIpc) is 2.41. The minimum absolute atomic E-state index is 0.0374. The van der Waals surface area contributed by atoms with Crippen molar-refractivity contribution in [1.82, 2.24) is 4.31 Å². The van der Waals surface area contributed by atoms with E-state index in [2.05, 4.69) is 0 Å². The Labute approximate surface area is 131 Å². The van der Waals surface area contributed by atoms with Crippen molar-refractivity contribution in [3.63, 3.8) is 0 Å². The lowest BCUT2D eigenvalue weighted by Gasteiger charge is -2.30. The number of halogens is 1. The van der Waals surface area contributed by atoms with Gasteiger partial charge >= 0.3 is 0 Å². The monoisotopic (exact) mass is 329 g/mol. The Hall–Kier alpha value is -0.910. The van der Waals surface area contributed by atoms with Crippen molar-refractivity contribution in [3.05, 3.63) is 34.3 Å². The zero-order valence-corrected chi connectivity index (χ0v) is 13.9. The molecule has 0 spiro atoms. The van der Waals surface area contributed by atoms with Crippen LogP contribution in [0.2, 0.25) is 5.02 Å². The van der Waals surface area contributed by atoms with Gasteiger partial charge in [0, 0.05) is 30.1 Å². The molecule has 1 aliphatic rings. The Balaban J connectivity index is 2.08. The van der Waals surface area contributed by atoms with Gasteiger partial charge in [0.05, 0.1) is 6.26 Å². The smallest absolute Gasteiger partial charge is 0.211 e. The number of Topliss-reactive ketones (excluding diaryl/α,β-unsaturated/α-hetero) is 1. The maximum absolute atomic E-state index is 12.4. The second kappa shape index (κ2) is 6.46. The van der Waals surface area contributed by atoms with Crippen LogP contribution in [0.5, 0.6) is 0 Å². The van der Waals surface area contributed by atoms with Gasteiger partial charge in [0.25, 0.3) is 0 Å². The molecule has 6 heteroatoms. The minimum atomic E-state index is -3.17. The molecule has 1 unspecified atom stereocenters. The Morgan fingerprint density at radius 1 is 1.43 bits per heavy atom. The number of benzene rings is 1. The van der Waals surface area contributed by atoms with Crippen LogP contribution in [0.4, 0.5) is 0 Å². The number of rotatable bonds is 4. The highest BCUT2D eigenvalue weighted by molar-refractivity contribution is 7.88. The third-order valence-electron chi connectivity index (χ3n) is 3.99. The van der Waals surface area contributed by atoms with Crippen molar-refractivity contribution in [2.75, 3.05) is 19.3 Å². The summed E-state index contributed by atoms with van der Waals surface area (Å²) in [7, 11) is -3.17. The van der Waals surface area contributed by atoms with E-state index in [1.54, 1.807) is 18.2 Å². The van der Waals surface area contributed by atoms with E-state index in [0.717, 1.165) is 18.4 Å². The van der Waals surface area contributed by atoms with E-state index >= 15 is 0 Å². The number of nitrogens with zero attached hydrogens (tertiary/aromatic N) is 1. The Kier molecular flexibility index (Phi) is 5.07. The third kappa shape index (κ3) is 4.05. The van der Waals surface area contributed by atoms with E-state index in [-0.39, 0.29) is 11.7 Å². The van der Waals surface area contributed by atoms with Crippen LogP contribution in [0.1, 0.15) is 35.2 Å². The molecule has 0 saturated carbocycles. The summed E-state index contributed by atoms with van der Waals surface area (Å²) in [5.41, 5.74) is 1.43. The van der Waals surface area contributed by atoms with Crippen LogP contribution in [-0.4, -0.2) is 37.9 Å². The molecule has 0 aromatic heterocycles. The van der Waals surface area contributed by atoms with Gasteiger partial charge in [0.15, 0.2) is 5.78 Å². The van der Waals surface area contributed by atoms with Crippen LogP contribution in [0.15, 0.2) is 18.2 Å². The number of ketones is 1. The lowest BCUT2D eigenvalue weighted by Crippen LogP contribution is -2.39. The summed E-state index contributed by atoms with van der Waals surface area (Å²) in [6.45, 7) is 2.82. The first kappa shape index (κ1) is 16.5. The summed E-state index contributed by atoms with van der Waals surface area (Å²) < 4.78 is 24.7. The van der Waals surface area contributed by atoms with E-state index in [9.17, 15) is 13.2 Å². The quantitative estimate of drug-likeness (QED) is 0.798. The molecule has 2 rings (SSSR count). The van der Waals surface area contributed by atoms with Crippen molar-refractivity contribution in [3.8, 4) is 0 Å². The lowest BCUT2D eigenvalue weighted by atomic mass is 9.90. The van der Waals surface area contributed by atoms with Crippen LogP contribution in [0.25, 0.3) is 0 Å². The normalized spacial score (nSPS) is 20.4. The molecule has 1 saturated heterocycles. The van der Waals surface area contributed by atoms with Gasteiger partial charge in [-0.15, -0.1) is 0 Å². The first-order valence-corrected chi connectivity index (χ1v) is 9.25. The fourth-order valence-electron chi connectivity index (χ4n) is 2.78. The van der Waals surface area contributed by atoms with E-state index in [0.29, 0.717) is 30.1 Å². The van der Waals surface area contributed by atoms with Crippen molar-refractivity contribution in [1.29, 1.82) is 0 Å². The largest absolute Gasteiger partial charge is 0.294 e. The molecule has 21 heavy (non-hydrogen) atoms. The highest BCUT2D eigenvalue weighted by Gasteiger charge is 2.27. The van der Waals surface area contributed by atoms with Crippen molar-refractivity contribution in [2.45, 2.75) is 26.2 Å². The van der Waals surface area contributed by atoms with Gasteiger partial charge in [-0.05, 0) is 37.3 Å². The summed E-state index contributed by atoms with van der Waals surface area (Å²) in [6, 6.07) is 5.31. The molecule has 0 aliphatic carbocycles. The van der Waals surface area contributed by atoms with Crippen molar-refractivity contribution >= 4 is 27.4 Å². The van der Waals surface area contributed by atoms with E-state index in [4.69, 9.17) is 11.6 Å². The predicted octanol–water partition coefficient (Wildman–Crippen LogP) is 2.89.